The predicted octanol–water partition coefficient (Wildman–Crippen LogP) is 2.06. The Morgan fingerprint density at radius 3 is 3.00 bits per heavy atom. The average molecular weight is 149 g/mol. The van der Waals surface area contributed by atoms with Gasteiger partial charge in [0.05, 0.1) is 6.10 Å². The molecular weight excluding hydrogens is 136 g/mol. The van der Waals surface area contributed by atoms with Crippen LogP contribution in [0, 0.1) is 6.07 Å². The van der Waals surface area contributed by atoms with Gasteiger partial charge in [-0.3, -0.25) is 0 Å². The van der Waals surface area contributed by atoms with Crippen LogP contribution in [0.5, 0.6) is 0 Å². The zero-order valence-corrected chi connectivity index (χ0v) is 7.00. The fourth-order valence-corrected chi connectivity index (χ4v) is 0.973. The van der Waals surface area contributed by atoms with Crippen LogP contribution in [0.15, 0.2) is 24.3 Å². The van der Waals surface area contributed by atoms with E-state index in [1.165, 1.54) is 5.56 Å². The number of rotatable bonds is 3. The van der Waals surface area contributed by atoms with Gasteiger partial charge in [0.2, 0.25) is 0 Å². The molecule has 0 fully saturated rings. The van der Waals surface area contributed by atoms with E-state index < -0.39 is 0 Å². The second kappa shape index (κ2) is 4.14. The maximum atomic E-state index is 5.14. The van der Waals surface area contributed by atoms with E-state index in [0.29, 0.717) is 6.10 Å². The molecule has 1 nitrogen and oxygen atoms in total. The maximum absolute atomic E-state index is 5.14. The molecule has 0 spiro atoms. The van der Waals surface area contributed by atoms with Crippen LogP contribution in [0.25, 0.3) is 0 Å². The van der Waals surface area contributed by atoms with Crippen LogP contribution in [0.2, 0.25) is 0 Å². The Balaban J connectivity index is 2.51. The molecule has 0 heterocycles. The summed E-state index contributed by atoms with van der Waals surface area (Å²) in [5.41, 5.74) is 1.28. The smallest absolute Gasteiger partial charge is 0.0583 e. The highest BCUT2D eigenvalue weighted by atomic mass is 16.5. The SMILES string of the molecule is COC(C)Cc1c[c]ccc1. The van der Waals surface area contributed by atoms with Crippen molar-refractivity contribution < 1.29 is 4.74 Å². The van der Waals surface area contributed by atoms with Gasteiger partial charge in [-0.05, 0) is 25.0 Å². The first-order chi connectivity index (χ1) is 5.33. The number of benzene rings is 1. The lowest BCUT2D eigenvalue weighted by Crippen LogP contribution is -2.07. The summed E-state index contributed by atoms with van der Waals surface area (Å²) in [4.78, 5) is 0. The Bertz CT molecular complexity index is 193. The molecule has 0 N–H and O–H groups in total. The second-order valence-electron chi connectivity index (χ2n) is 2.66. The highest BCUT2D eigenvalue weighted by Crippen LogP contribution is 2.03. The Labute approximate surface area is 68.0 Å². The first kappa shape index (κ1) is 8.28. The van der Waals surface area contributed by atoms with Gasteiger partial charge < -0.3 is 4.74 Å². The van der Waals surface area contributed by atoms with Crippen molar-refractivity contribution in [3.63, 3.8) is 0 Å². The van der Waals surface area contributed by atoms with Crippen molar-refractivity contribution in [2.45, 2.75) is 19.4 Å². The molecular formula is C10H13O. The van der Waals surface area contributed by atoms with E-state index in [0.717, 1.165) is 6.42 Å². The minimum Gasteiger partial charge on any atom is -0.381 e. The molecule has 0 saturated heterocycles. The van der Waals surface area contributed by atoms with Gasteiger partial charge in [-0.15, -0.1) is 0 Å². The van der Waals surface area contributed by atoms with E-state index in [1.54, 1.807) is 7.11 Å². The average Bonchev–Trinajstić information content (AvgIpc) is 2.06. The number of hydrogen-bond acceptors (Lipinski definition) is 1. The normalized spacial score (nSPS) is 12.9. The lowest BCUT2D eigenvalue weighted by molar-refractivity contribution is 0.119. The van der Waals surface area contributed by atoms with Crippen LogP contribution in [-0.2, 0) is 11.2 Å². The molecule has 1 unspecified atom stereocenters. The minimum absolute atomic E-state index is 0.297. The summed E-state index contributed by atoms with van der Waals surface area (Å²) in [6.07, 6.45) is 1.26. The molecule has 1 aromatic rings. The fraction of sp³-hybridized carbons (Fsp3) is 0.400. The lowest BCUT2D eigenvalue weighted by atomic mass is 10.1. The van der Waals surface area contributed by atoms with E-state index >= 15 is 0 Å². The highest BCUT2D eigenvalue weighted by molar-refractivity contribution is 5.14. The highest BCUT2D eigenvalue weighted by Gasteiger charge is 1.99. The van der Waals surface area contributed by atoms with Gasteiger partial charge in [0.25, 0.3) is 0 Å². The molecule has 1 heteroatoms. The van der Waals surface area contributed by atoms with Crippen molar-refractivity contribution in [2.24, 2.45) is 0 Å². The third-order valence-electron chi connectivity index (χ3n) is 1.70. The fourth-order valence-electron chi connectivity index (χ4n) is 0.973. The molecule has 1 radical (unpaired) electrons. The molecule has 0 bridgehead atoms. The van der Waals surface area contributed by atoms with Crippen molar-refractivity contribution in [1.29, 1.82) is 0 Å². The minimum atomic E-state index is 0.297. The second-order valence-corrected chi connectivity index (χ2v) is 2.66. The van der Waals surface area contributed by atoms with Crippen molar-refractivity contribution in [3.8, 4) is 0 Å². The Kier molecular flexibility index (Phi) is 3.12. The summed E-state index contributed by atoms with van der Waals surface area (Å²) in [6, 6.07) is 11.0. The number of methoxy groups -OCH3 is 1. The molecule has 1 rings (SSSR count). The van der Waals surface area contributed by atoms with Crippen LogP contribution in [0.1, 0.15) is 12.5 Å². The van der Waals surface area contributed by atoms with E-state index in [4.69, 9.17) is 4.74 Å². The van der Waals surface area contributed by atoms with E-state index in [9.17, 15) is 0 Å². The number of ether oxygens (including phenoxy) is 1. The van der Waals surface area contributed by atoms with E-state index in [-0.39, 0.29) is 0 Å². The summed E-state index contributed by atoms with van der Waals surface area (Å²) in [6.45, 7) is 2.06. The zero-order chi connectivity index (χ0) is 8.10. The van der Waals surface area contributed by atoms with Gasteiger partial charge in [-0.1, -0.05) is 24.3 Å². The van der Waals surface area contributed by atoms with E-state index in [2.05, 4.69) is 19.1 Å². The zero-order valence-electron chi connectivity index (χ0n) is 7.00. The predicted molar refractivity (Wildman–Crippen MR) is 45.5 cm³/mol. The lowest BCUT2D eigenvalue weighted by Gasteiger charge is -2.07. The summed E-state index contributed by atoms with van der Waals surface area (Å²) in [5, 5.41) is 0. The van der Waals surface area contributed by atoms with E-state index in [1.807, 2.05) is 18.2 Å². The summed E-state index contributed by atoms with van der Waals surface area (Å²) >= 11 is 0. The largest absolute Gasteiger partial charge is 0.381 e. The quantitative estimate of drug-likeness (QED) is 0.639. The molecule has 1 aromatic carbocycles. The van der Waals surface area contributed by atoms with Crippen molar-refractivity contribution in [3.05, 3.63) is 35.9 Å². The molecule has 0 aliphatic carbocycles. The van der Waals surface area contributed by atoms with Gasteiger partial charge in [0.15, 0.2) is 0 Å². The van der Waals surface area contributed by atoms with Crippen LogP contribution < -0.4 is 0 Å². The molecule has 0 saturated carbocycles. The molecule has 59 valence electrons. The van der Waals surface area contributed by atoms with Crippen LogP contribution in [0.4, 0.5) is 0 Å². The molecule has 0 aromatic heterocycles. The van der Waals surface area contributed by atoms with Gasteiger partial charge in [0.1, 0.15) is 0 Å². The van der Waals surface area contributed by atoms with Crippen molar-refractivity contribution in [1.82, 2.24) is 0 Å². The van der Waals surface area contributed by atoms with Gasteiger partial charge in [-0.25, -0.2) is 0 Å². The van der Waals surface area contributed by atoms with Crippen molar-refractivity contribution in [2.75, 3.05) is 7.11 Å². The van der Waals surface area contributed by atoms with Gasteiger partial charge >= 0.3 is 0 Å². The third kappa shape index (κ3) is 2.72. The van der Waals surface area contributed by atoms with Crippen LogP contribution >= 0.6 is 0 Å². The molecule has 0 aliphatic heterocycles. The first-order valence-electron chi connectivity index (χ1n) is 3.80. The van der Waals surface area contributed by atoms with Crippen LogP contribution in [-0.4, -0.2) is 13.2 Å². The Hall–Kier alpha value is -0.820. The van der Waals surface area contributed by atoms with Gasteiger partial charge in [-0.2, -0.15) is 0 Å². The molecule has 0 amide bonds. The van der Waals surface area contributed by atoms with Crippen LogP contribution in [0.3, 0.4) is 0 Å². The number of hydrogen-bond donors (Lipinski definition) is 0. The third-order valence-corrected chi connectivity index (χ3v) is 1.70. The Morgan fingerprint density at radius 1 is 1.64 bits per heavy atom. The van der Waals surface area contributed by atoms with Gasteiger partial charge in [0, 0.05) is 7.11 Å². The summed E-state index contributed by atoms with van der Waals surface area (Å²) in [7, 11) is 1.73. The Morgan fingerprint density at radius 2 is 2.45 bits per heavy atom. The van der Waals surface area contributed by atoms with Crippen molar-refractivity contribution >= 4 is 0 Å². The first-order valence-corrected chi connectivity index (χ1v) is 3.80. The standard InChI is InChI=1S/C10H13O/c1-9(11-2)8-10-6-4-3-5-7-10/h3-4,6-7,9H,8H2,1-2H3. The molecule has 1 atom stereocenters. The monoisotopic (exact) mass is 149 g/mol. The summed E-state index contributed by atoms with van der Waals surface area (Å²) < 4.78 is 5.14. The molecule has 11 heavy (non-hydrogen) atoms. The summed E-state index contributed by atoms with van der Waals surface area (Å²) in [5.74, 6) is 0. The molecule has 0 aliphatic rings. The topological polar surface area (TPSA) is 9.23 Å². The maximum Gasteiger partial charge on any atom is 0.0583 e.